The molecule has 0 radical (unpaired) electrons. The highest BCUT2D eigenvalue weighted by Crippen LogP contribution is 2.12. The first kappa shape index (κ1) is 13.1. The number of nitrogens with one attached hydrogen (secondary N) is 1. The van der Waals surface area contributed by atoms with E-state index in [-0.39, 0.29) is 12.4 Å². The van der Waals surface area contributed by atoms with Crippen molar-refractivity contribution in [2.75, 3.05) is 19.7 Å². The van der Waals surface area contributed by atoms with Crippen molar-refractivity contribution in [3.8, 4) is 0 Å². The average Bonchev–Trinajstić information content (AvgIpc) is 2.28. The lowest BCUT2D eigenvalue weighted by atomic mass is 10.1. The van der Waals surface area contributed by atoms with E-state index in [2.05, 4.69) is 5.32 Å². The molecule has 1 aromatic carbocycles. The second-order valence-corrected chi connectivity index (χ2v) is 3.71. The van der Waals surface area contributed by atoms with E-state index in [9.17, 15) is 9.50 Å². The molecule has 1 atom stereocenters. The summed E-state index contributed by atoms with van der Waals surface area (Å²) in [6.45, 7) is 1.33. The lowest BCUT2D eigenvalue weighted by Gasteiger charge is -2.12. The molecule has 0 bridgehead atoms. The van der Waals surface area contributed by atoms with Gasteiger partial charge in [0, 0.05) is 13.2 Å². The summed E-state index contributed by atoms with van der Waals surface area (Å²) in [6, 6.07) is 5.97. The van der Waals surface area contributed by atoms with E-state index in [4.69, 9.17) is 5.11 Å². The summed E-state index contributed by atoms with van der Waals surface area (Å²) in [5, 5.41) is 21.3. The van der Waals surface area contributed by atoms with Crippen molar-refractivity contribution in [2.24, 2.45) is 0 Å². The van der Waals surface area contributed by atoms with Crippen LogP contribution in [0.15, 0.2) is 24.3 Å². The van der Waals surface area contributed by atoms with Crippen LogP contribution in [0.4, 0.5) is 4.39 Å². The maximum atomic E-state index is 12.9. The van der Waals surface area contributed by atoms with E-state index in [1.807, 2.05) is 0 Å². The molecular weight excluding hydrogens is 209 g/mol. The summed E-state index contributed by atoms with van der Waals surface area (Å²) in [6.07, 6.45) is 0.930. The first-order chi connectivity index (χ1) is 7.74. The van der Waals surface area contributed by atoms with Gasteiger partial charge in [-0.05, 0) is 37.1 Å². The predicted octanol–water partition coefficient (Wildman–Crippen LogP) is 1.22. The van der Waals surface area contributed by atoms with Crippen LogP contribution in [-0.4, -0.2) is 29.9 Å². The lowest BCUT2D eigenvalue weighted by molar-refractivity contribution is 0.174. The zero-order chi connectivity index (χ0) is 11.8. The van der Waals surface area contributed by atoms with Crippen LogP contribution in [0.1, 0.15) is 24.5 Å². The van der Waals surface area contributed by atoms with Crippen LogP contribution in [0, 0.1) is 5.82 Å². The van der Waals surface area contributed by atoms with Crippen molar-refractivity contribution in [1.29, 1.82) is 0 Å². The number of halogens is 1. The summed E-state index contributed by atoms with van der Waals surface area (Å²) < 4.78 is 12.9. The van der Waals surface area contributed by atoms with Gasteiger partial charge in [0.25, 0.3) is 0 Å². The van der Waals surface area contributed by atoms with Crippen molar-refractivity contribution in [1.82, 2.24) is 5.32 Å². The van der Waals surface area contributed by atoms with Gasteiger partial charge in [-0.2, -0.15) is 0 Å². The molecule has 4 heteroatoms. The Bertz CT molecular complexity index is 307. The summed E-state index contributed by atoms with van der Waals surface area (Å²) in [4.78, 5) is 0. The maximum Gasteiger partial charge on any atom is 0.123 e. The SMILES string of the molecule is OCCCCNCC(O)c1cccc(F)c1. The standard InChI is InChI=1S/C12H18FNO2/c13-11-5-3-4-10(8-11)12(16)9-14-6-1-2-7-15/h3-5,8,12,14-16H,1-2,6-7,9H2. The Morgan fingerprint density at radius 1 is 1.31 bits per heavy atom. The molecule has 1 aromatic rings. The Labute approximate surface area is 94.9 Å². The fourth-order valence-electron chi connectivity index (χ4n) is 1.43. The fourth-order valence-corrected chi connectivity index (χ4v) is 1.43. The minimum absolute atomic E-state index is 0.189. The average molecular weight is 227 g/mol. The van der Waals surface area contributed by atoms with Crippen molar-refractivity contribution in [3.63, 3.8) is 0 Å². The Morgan fingerprint density at radius 2 is 2.12 bits per heavy atom. The first-order valence-electron chi connectivity index (χ1n) is 5.49. The van der Waals surface area contributed by atoms with Gasteiger partial charge >= 0.3 is 0 Å². The lowest BCUT2D eigenvalue weighted by Crippen LogP contribution is -2.22. The minimum Gasteiger partial charge on any atom is -0.396 e. The van der Waals surface area contributed by atoms with Crippen LogP contribution < -0.4 is 5.32 Å². The van der Waals surface area contributed by atoms with Gasteiger partial charge < -0.3 is 15.5 Å². The van der Waals surface area contributed by atoms with Gasteiger partial charge in [0.2, 0.25) is 0 Å². The van der Waals surface area contributed by atoms with Crippen molar-refractivity contribution >= 4 is 0 Å². The molecule has 1 rings (SSSR count). The number of hydrogen-bond acceptors (Lipinski definition) is 3. The number of aliphatic hydroxyl groups is 2. The highest BCUT2D eigenvalue weighted by molar-refractivity contribution is 5.18. The molecule has 16 heavy (non-hydrogen) atoms. The van der Waals surface area contributed by atoms with Gasteiger partial charge in [-0.25, -0.2) is 4.39 Å². The predicted molar refractivity (Wildman–Crippen MR) is 60.5 cm³/mol. The maximum absolute atomic E-state index is 12.9. The van der Waals surface area contributed by atoms with Gasteiger partial charge in [0.1, 0.15) is 5.82 Å². The number of benzene rings is 1. The van der Waals surface area contributed by atoms with Gasteiger partial charge in [-0.15, -0.1) is 0 Å². The molecule has 0 fully saturated rings. The largest absolute Gasteiger partial charge is 0.396 e. The molecule has 0 amide bonds. The van der Waals surface area contributed by atoms with Crippen LogP contribution in [-0.2, 0) is 0 Å². The summed E-state index contributed by atoms with van der Waals surface area (Å²) in [5.74, 6) is -0.336. The molecule has 0 heterocycles. The zero-order valence-electron chi connectivity index (χ0n) is 9.19. The zero-order valence-corrected chi connectivity index (χ0v) is 9.19. The van der Waals surface area contributed by atoms with Gasteiger partial charge in [-0.1, -0.05) is 12.1 Å². The second kappa shape index (κ2) is 7.33. The molecule has 90 valence electrons. The summed E-state index contributed by atoms with van der Waals surface area (Å²) >= 11 is 0. The van der Waals surface area contributed by atoms with E-state index in [1.54, 1.807) is 12.1 Å². The Morgan fingerprint density at radius 3 is 2.81 bits per heavy atom. The van der Waals surface area contributed by atoms with Crippen LogP contribution in [0.25, 0.3) is 0 Å². The van der Waals surface area contributed by atoms with Crippen LogP contribution in [0.2, 0.25) is 0 Å². The molecule has 3 N–H and O–H groups in total. The molecule has 3 nitrogen and oxygen atoms in total. The summed E-state index contributed by atoms with van der Waals surface area (Å²) in [7, 11) is 0. The van der Waals surface area contributed by atoms with Crippen LogP contribution >= 0.6 is 0 Å². The highest BCUT2D eigenvalue weighted by atomic mass is 19.1. The van der Waals surface area contributed by atoms with E-state index in [0.29, 0.717) is 12.1 Å². The normalized spacial score (nSPS) is 12.7. The third-order valence-electron chi connectivity index (χ3n) is 2.33. The molecule has 0 aromatic heterocycles. The Hall–Kier alpha value is -0.970. The molecule has 1 unspecified atom stereocenters. The third-order valence-corrected chi connectivity index (χ3v) is 2.33. The highest BCUT2D eigenvalue weighted by Gasteiger charge is 2.06. The minimum atomic E-state index is -0.690. The first-order valence-corrected chi connectivity index (χ1v) is 5.49. The van der Waals surface area contributed by atoms with Gasteiger partial charge in [0.05, 0.1) is 6.10 Å². The van der Waals surface area contributed by atoms with E-state index in [0.717, 1.165) is 19.4 Å². The third kappa shape index (κ3) is 4.70. The van der Waals surface area contributed by atoms with E-state index < -0.39 is 6.10 Å². The smallest absolute Gasteiger partial charge is 0.123 e. The number of unbranched alkanes of at least 4 members (excludes halogenated alkanes) is 1. The molecule has 0 saturated heterocycles. The summed E-state index contributed by atoms with van der Waals surface area (Å²) in [5.41, 5.74) is 0.578. The number of hydrogen-bond donors (Lipinski definition) is 3. The molecule has 0 aliphatic carbocycles. The number of rotatable bonds is 7. The van der Waals surface area contributed by atoms with Crippen molar-refractivity contribution in [2.45, 2.75) is 18.9 Å². The Balaban J connectivity index is 2.27. The second-order valence-electron chi connectivity index (χ2n) is 3.71. The van der Waals surface area contributed by atoms with Gasteiger partial charge in [0.15, 0.2) is 0 Å². The monoisotopic (exact) mass is 227 g/mol. The van der Waals surface area contributed by atoms with Crippen molar-refractivity contribution < 1.29 is 14.6 Å². The fraction of sp³-hybridized carbons (Fsp3) is 0.500. The number of aliphatic hydroxyl groups excluding tert-OH is 2. The molecule has 0 saturated carbocycles. The van der Waals surface area contributed by atoms with E-state index in [1.165, 1.54) is 12.1 Å². The van der Waals surface area contributed by atoms with E-state index >= 15 is 0 Å². The molecule has 0 spiro atoms. The molecule has 0 aliphatic rings. The van der Waals surface area contributed by atoms with Crippen molar-refractivity contribution in [3.05, 3.63) is 35.6 Å². The molecule has 0 aliphatic heterocycles. The topological polar surface area (TPSA) is 52.5 Å². The van der Waals surface area contributed by atoms with Crippen LogP contribution in [0.5, 0.6) is 0 Å². The van der Waals surface area contributed by atoms with Crippen LogP contribution in [0.3, 0.4) is 0 Å². The quantitative estimate of drug-likeness (QED) is 0.614. The Kier molecular flexibility index (Phi) is 6.00. The molecular formula is C12H18FNO2. The van der Waals surface area contributed by atoms with Gasteiger partial charge in [-0.3, -0.25) is 0 Å².